The molecule has 83 heavy (non-hydrogen) atoms. The summed E-state index contributed by atoms with van der Waals surface area (Å²) in [6.07, 6.45) is 0. The molecule has 0 radical (unpaired) electrons. The van der Waals surface area contributed by atoms with Crippen LogP contribution in [0.3, 0.4) is 0 Å². The molecule has 4 nitrogen and oxygen atoms in total. The molecule has 382 valence electrons. The second kappa shape index (κ2) is 17.8. The molecular weight excluding hydrogens is 1000 g/mol. The number of benzene rings is 15. The lowest BCUT2D eigenvalue weighted by molar-refractivity contribution is 1.18. The molecule has 5 heteroatoms. The van der Waals surface area contributed by atoms with Gasteiger partial charge in [0.25, 0.3) is 6.71 Å². The lowest BCUT2D eigenvalue weighted by Crippen LogP contribution is -2.61. The van der Waals surface area contributed by atoms with Crippen molar-refractivity contribution in [1.29, 1.82) is 0 Å². The minimum atomic E-state index is -0.204. The third kappa shape index (κ3) is 6.95. The summed E-state index contributed by atoms with van der Waals surface area (Å²) in [5, 5.41) is 15.2. The van der Waals surface area contributed by atoms with E-state index in [1.165, 1.54) is 103 Å². The van der Waals surface area contributed by atoms with Crippen LogP contribution in [0.2, 0.25) is 0 Å². The van der Waals surface area contributed by atoms with Crippen molar-refractivity contribution in [2.45, 2.75) is 0 Å². The highest BCUT2D eigenvalue weighted by molar-refractivity contribution is 7.03. The first-order chi connectivity index (χ1) is 41.1. The van der Waals surface area contributed by atoms with Crippen LogP contribution in [0.1, 0.15) is 0 Å². The van der Waals surface area contributed by atoms with Gasteiger partial charge in [-0.05, 0) is 158 Å². The summed E-state index contributed by atoms with van der Waals surface area (Å²) in [6.45, 7) is -0.204. The number of rotatable bonds is 7. The maximum Gasteiger partial charge on any atom is 0.253 e. The number of aromatic nitrogens is 2. The van der Waals surface area contributed by atoms with Gasteiger partial charge in [-0.2, -0.15) is 0 Å². The van der Waals surface area contributed by atoms with Crippen LogP contribution in [0.5, 0.6) is 0 Å². The van der Waals surface area contributed by atoms with Gasteiger partial charge in [-0.3, -0.25) is 0 Å². The molecule has 0 aliphatic carbocycles. The Morgan fingerprint density at radius 2 is 0.590 bits per heavy atom. The van der Waals surface area contributed by atoms with Crippen molar-refractivity contribution < 1.29 is 0 Å². The van der Waals surface area contributed by atoms with Crippen LogP contribution in [0.15, 0.2) is 285 Å². The Morgan fingerprint density at radius 3 is 1.00 bits per heavy atom. The fraction of sp³-hybridized carbons (Fsp3) is 0. The lowest BCUT2D eigenvalue weighted by Gasteiger charge is -2.45. The maximum absolute atomic E-state index is 5.58. The third-order valence-corrected chi connectivity index (χ3v) is 17.9. The molecule has 0 N–H and O–H groups in total. The zero-order valence-electron chi connectivity index (χ0n) is 45.0. The van der Waals surface area contributed by atoms with E-state index in [2.05, 4.69) is 295 Å². The van der Waals surface area contributed by atoms with Crippen molar-refractivity contribution >= 4 is 122 Å². The molecule has 0 amide bonds. The SMILES string of the molecule is c1ccc(-c2ccc(N3c4cc(-c5nc(-c6ccccc6)cc(-c6ccccc6)n5)cc5c4B(c4c3cc3ccc6cccc7ccc4c3c67)c3c(cc4ccc6cccc7ccc3c4c67)N5c3ccc(-c4ccccc4)cc3)cc2)cc1. The van der Waals surface area contributed by atoms with E-state index in [1.807, 2.05) is 0 Å². The van der Waals surface area contributed by atoms with E-state index in [4.69, 9.17) is 9.97 Å². The Kier molecular flexibility index (Phi) is 9.86. The van der Waals surface area contributed by atoms with E-state index >= 15 is 0 Å². The topological polar surface area (TPSA) is 32.3 Å². The Balaban J connectivity index is 1.00. The molecule has 0 unspecified atom stereocenters. The zero-order chi connectivity index (χ0) is 54.3. The van der Waals surface area contributed by atoms with E-state index in [9.17, 15) is 0 Å². The highest BCUT2D eigenvalue weighted by Gasteiger charge is 2.46. The van der Waals surface area contributed by atoms with E-state index < -0.39 is 0 Å². The van der Waals surface area contributed by atoms with Gasteiger partial charge in [-0.1, -0.05) is 231 Å². The van der Waals surface area contributed by atoms with E-state index in [1.54, 1.807) is 0 Å². The van der Waals surface area contributed by atoms with Gasteiger partial charge in [0.15, 0.2) is 5.82 Å². The summed E-state index contributed by atoms with van der Waals surface area (Å²) < 4.78 is 0. The van der Waals surface area contributed by atoms with Crippen molar-refractivity contribution in [2.75, 3.05) is 9.80 Å². The van der Waals surface area contributed by atoms with Crippen LogP contribution in [0, 0.1) is 0 Å². The van der Waals surface area contributed by atoms with Gasteiger partial charge in [0.2, 0.25) is 0 Å². The molecule has 0 fully saturated rings. The summed E-state index contributed by atoms with van der Waals surface area (Å²) in [5.74, 6) is 0.655. The van der Waals surface area contributed by atoms with Crippen LogP contribution in [0.25, 0.3) is 121 Å². The second-order valence-corrected chi connectivity index (χ2v) is 22.4. The summed E-state index contributed by atoms with van der Waals surface area (Å²) in [7, 11) is 0. The van der Waals surface area contributed by atoms with E-state index in [0.717, 1.165) is 62.2 Å². The first kappa shape index (κ1) is 45.9. The Bertz CT molecular complexity index is 4890. The van der Waals surface area contributed by atoms with Gasteiger partial charge in [-0.15, -0.1) is 0 Å². The number of hydrogen-bond acceptors (Lipinski definition) is 4. The fourth-order valence-corrected chi connectivity index (χ4v) is 14.2. The predicted molar refractivity (Wildman–Crippen MR) is 351 cm³/mol. The van der Waals surface area contributed by atoms with Gasteiger partial charge in [-0.25, -0.2) is 9.97 Å². The molecule has 16 aromatic rings. The molecule has 0 spiro atoms. The number of fused-ring (bicyclic) bond motifs is 6. The predicted octanol–water partition coefficient (Wildman–Crippen LogP) is 18.7. The van der Waals surface area contributed by atoms with Crippen LogP contribution >= 0.6 is 0 Å². The lowest BCUT2D eigenvalue weighted by atomic mass is 9.32. The first-order valence-corrected chi connectivity index (χ1v) is 28.7. The maximum atomic E-state index is 5.58. The van der Waals surface area contributed by atoms with Gasteiger partial charge in [0.05, 0.1) is 11.4 Å². The number of hydrogen-bond donors (Lipinski definition) is 0. The average Bonchev–Trinajstić information content (AvgIpc) is 2.16. The molecule has 15 aromatic carbocycles. The Labute approximate surface area is 480 Å². The van der Waals surface area contributed by atoms with Crippen LogP contribution in [0.4, 0.5) is 34.1 Å². The first-order valence-electron chi connectivity index (χ1n) is 28.7. The number of anilines is 6. The van der Waals surface area contributed by atoms with E-state index in [-0.39, 0.29) is 6.71 Å². The van der Waals surface area contributed by atoms with E-state index in [0.29, 0.717) is 5.82 Å². The normalized spacial score (nSPS) is 12.7. The van der Waals surface area contributed by atoms with Crippen molar-refractivity contribution in [2.24, 2.45) is 0 Å². The summed E-state index contributed by atoms with van der Waals surface area (Å²) >= 11 is 0. The van der Waals surface area contributed by atoms with Gasteiger partial charge < -0.3 is 9.80 Å². The zero-order valence-corrected chi connectivity index (χ0v) is 45.0. The smallest absolute Gasteiger partial charge is 0.253 e. The number of nitrogens with zero attached hydrogens (tertiary/aromatic N) is 4. The van der Waals surface area contributed by atoms with Gasteiger partial charge >= 0.3 is 0 Å². The quantitative estimate of drug-likeness (QED) is 0.118. The molecule has 3 heterocycles. The van der Waals surface area contributed by atoms with Crippen molar-refractivity contribution in [3.05, 3.63) is 285 Å². The minimum absolute atomic E-state index is 0.204. The Morgan fingerprint density at radius 1 is 0.241 bits per heavy atom. The summed E-state index contributed by atoms with van der Waals surface area (Å²) in [4.78, 5) is 16.3. The molecule has 0 bridgehead atoms. The van der Waals surface area contributed by atoms with Crippen molar-refractivity contribution in [3.8, 4) is 56.2 Å². The largest absolute Gasteiger partial charge is 0.311 e. The van der Waals surface area contributed by atoms with Crippen molar-refractivity contribution in [3.63, 3.8) is 0 Å². The third-order valence-electron chi connectivity index (χ3n) is 17.9. The van der Waals surface area contributed by atoms with Crippen LogP contribution < -0.4 is 26.2 Å². The molecule has 0 saturated carbocycles. The second-order valence-electron chi connectivity index (χ2n) is 22.4. The molecule has 2 aliphatic rings. The molecule has 18 rings (SSSR count). The summed E-state index contributed by atoms with van der Waals surface area (Å²) in [5.41, 5.74) is 19.9. The van der Waals surface area contributed by atoms with Crippen LogP contribution in [-0.2, 0) is 0 Å². The minimum Gasteiger partial charge on any atom is -0.311 e. The Hall–Kier alpha value is -10.9. The molecule has 0 atom stereocenters. The summed E-state index contributed by atoms with van der Waals surface area (Å²) in [6, 6.07) is 105. The monoisotopic (exact) mass is 1050 g/mol. The molecule has 0 saturated heterocycles. The molecular formula is C78H47BN4. The highest BCUT2D eigenvalue weighted by Crippen LogP contribution is 2.51. The van der Waals surface area contributed by atoms with Gasteiger partial charge in [0, 0.05) is 50.8 Å². The fourth-order valence-electron chi connectivity index (χ4n) is 14.2. The van der Waals surface area contributed by atoms with Crippen LogP contribution in [-0.4, -0.2) is 16.7 Å². The molecule has 1 aromatic heterocycles. The van der Waals surface area contributed by atoms with Gasteiger partial charge in [0.1, 0.15) is 0 Å². The van der Waals surface area contributed by atoms with Crippen molar-refractivity contribution in [1.82, 2.24) is 9.97 Å². The average molecular weight is 1050 g/mol. The molecule has 2 aliphatic heterocycles. The highest BCUT2D eigenvalue weighted by atomic mass is 15.2. The standard InChI is InChI=1S/C78H47BN4/c1-5-15-48(16-6-1)50-31-37-61(38-32-50)82-67-43-58-29-27-54-23-13-25-56-35-41-63(73(58)71(54)56)75(67)79-76-64-42-36-57-26-14-24-55-28-30-59(74(64)72(55)57)44-68(76)83(62-39-33-51(34-40-62)49-17-7-2-8-18-49)70-46-60(45-69(82)77(70)79)78-80-65(52-19-9-3-10-20-52)47-66(81-78)53-21-11-4-12-22-53/h1-47H.